The molecule has 0 unspecified atom stereocenters. The molecule has 274 valence electrons. The van der Waals surface area contributed by atoms with Crippen LogP contribution in [-0.4, -0.2) is 33.3 Å². The second-order valence-electron chi connectivity index (χ2n) is 18.2. The molecule has 2 aromatic heterocycles. The van der Waals surface area contributed by atoms with Crippen LogP contribution < -0.4 is 0 Å². The molecule has 0 saturated heterocycles. The Labute approximate surface area is 316 Å². The lowest BCUT2D eigenvalue weighted by Crippen LogP contribution is -2.42. The summed E-state index contributed by atoms with van der Waals surface area (Å²) in [6.07, 6.45) is 15.7. The molecule has 0 spiro atoms. The third-order valence-corrected chi connectivity index (χ3v) is 24.8. The van der Waals surface area contributed by atoms with Crippen molar-refractivity contribution in [1.82, 2.24) is 0 Å². The van der Waals surface area contributed by atoms with Gasteiger partial charge in [-0.15, -0.1) is 22.7 Å². The van der Waals surface area contributed by atoms with E-state index in [4.69, 9.17) is 8.23 Å². The molecule has 0 amide bonds. The quantitative estimate of drug-likeness (QED) is 0.0579. The van der Waals surface area contributed by atoms with E-state index in [1.165, 1.54) is 141 Å². The van der Waals surface area contributed by atoms with E-state index >= 15 is 0 Å². The summed E-state index contributed by atoms with van der Waals surface area (Å²) >= 11 is 4.02. The lowest BCUT2D eigenvalue weighted by atomic mass is 10.0. The van der Waals surface area contributed by atoms with Crippen molar-refractivity contribution < 1.29 is 8.23 Å². The third-order valence-electron chi connectivity index (χ3n) is 9.86. The molecule has 8 heteroatoms. The van der Waals surface area contributed by atoms with Crippen LogP contribution in [0.25, 0.3) is 40.3 Å². The summed E-state index contributed by atoms with van der Waals surface area (Å²) in [5.74, 6) is 0. The highest BCUT2D eigenvalue weighted by atomic mass is 32.1. The predicted octanol–water partition coefficient (Wildman–Crippen LogP) is 15.5. The van der Waals surface area contributed by atoms with E-state index in [0.717, 1.165) is 0 Å². The highest BCUT2D eigenvalue weighted by Gasteiger charge is 2.29. The summed E-state index contributed by atoms with van der Waals surface area (Å²) in [6.45, 7) is 23.6. The van der Waals surface area contributed by atoms with Crippen molar-refractivity contribution in [2.45, 2.75) is 155 Å². The second kappa shape index (κ2) is 16.9. The Balaban J connectivity index is 1.12. The van der Waals surface area contributed by atoms with Gasteiger partial charge in [-0.25, -0.2) is 0 Å². The first kappa shape index (κ1) is 40.1. The first-order valence-corrected chi connectivity index (χ1v) is 34.4. The molecule has 0 N–H and O–H groups in total. The SMILES string of the molecule is C[Si](C)(C)O[Si](C)(C)CCCCCCCCc1ccc2c(c1)sc1c2ccc2c3ccc(CCCCCC[Si](C)(C)O[Si](C)(C)C)cc3sc21. The van der Waals surface area contributed by atoms with Gasteiger partial charge in [0.2, 0.25) is 0 Å². The number of aryl methyl sites for hydroxylation is 2. The Kier molecular flexibility index (Phi) is 13.6. The first-order chi connectivity index (χ1) is 23.5. The van der Waals surface area contributed by atoms with Gasteiger partial charge >= 0.3 is 0 Å². The molecule has 0 aliphatic carbocycles. The molecule has 2 heterocycles. The number of unbranched alkanes of at least 4 members (excludes halogenated alkanes) is 8. The van der Waals surface area contributed by atoms with E-state index in [9.17, 15) is 0 Å². The average Bonchev–Trinajstić information content (AvgIpc) is 3.55. The van der Waals surface area contributed by atoms with Gasteiger partial charge in [-0.2, -0.15) is 0 Å². The molecule has 2 nitrogen and oxygen atoms in total. The maximum atomic E-state index is 6.54. The summed E-state index contributed by atoms with van der Waals surface area (Å²) in [5, 5.41) is 5.71. The topological polar surface area (TPSA) is 18.5 Å². The normalized spacial score (nSPS) is 13.5. The molecule has 5 rings (SSSR count). The van der Waals surface area contributed by atoms with Gasteiger partial charge < -0.3 is 8.23 Å². The van der Waals surface area contributed by atoms with Gasteiger partial charge in [-0.05, 0) is 127 Å². The van der Waals surface area contributed by atoms with Crippen molar-refractivity contribution in [2.24, 2.45) is 0 Å². The molecule has 0 fully saturated rings. The molecule has 5 aromatic rings. The number of hydrogen-bond acceptors (Lipinski definition) is 4. The summed E-state index contributed by atoms with van der Waals surface area (Å²) in [6, 6.07) is 21.9. The van der Waals surface area contributed by atoms with Gasteiger partial charge in [-0.1, -0.05) is 87.8 Å². The van der Waals surface area contributed by atoms with Gasteiger partial charge in [0, 0.05) is 30.9 Å². The fraction of sp³-hybridized carbons (Fsp3) is 0.571. The molecule has 3 aromatic carbocycles. The van der Waals surface area contributed by atoms with Crippen LogP contribution in [0.5, 0.6) is 0 Å². The average molecular weight is 779 g/mol. The lowest BCUT2D eigenvalue weighted by molar-refractivity contribution is 0.535. The summed E-state index contributed by atoms with van der Waals surface area (Å²) in [7, 11) is -5.82. The van der Waals surface area contributed by atoms with Crippen LogP contribution in [0.3, 0.4) is 0 Å². The fourth-order valence-corrected chi connectivity index (χ4v) is 27.0. The highest BCUT2D eigenvalue weighted by molar-refractivity contribution is 7.33. The Morgan fingerprint density at radius 3 is 1.14 bits per heavy atom. The fourth-order valence-electron chi connectivity index (χ4n) is 8.05. The largest absolute Gasteiger partial charge is 0.456 e. The van der Waals surface area contributed by atoms with Crippen molar-refractivity contribution in [1.29, 1.82) is 0 Å². The van der Waals surface area contributed by atoms with E-state index in [1.807, 2.05) is 22.7 Å². The summed E-state index contributed by atoms with van der Waals surface area (Å²) in [4.78, 5) is 0. The first-order valence-electron chi connectivity index (χ1n) is 19.7. The van der Waals surface area contributed by atoms with Crippen molar-refractivity contribution in [3.05, 3.63) is 59.7 Å². The standard InChI is InChI=1S/C42H66O2S2Si4/c1-47(2,3)43-49(7,8)29-19-15-12-11-13-17-21-33-23-25-35-37-27-28-38-36-26-24-34(32-40(36)46-42(38)41(37)45-39(35)31-33)22-18-14-16-20-30-50(9,10)44-48(4,5)6/h23-28,31-32H,11-22,29-30H2,1-10H3. The minimum absolute atomic E-state index is 1.19. The van der Waals surface area contributed by atoms with E-state index in [0.29, 0.717) is 0 Å². The zero-order chi connectivity index (χ0) is 36.2. The monoisotopic (exact) mass is 778 g/mol. The van der Waals surface area contributed by atoms with Crippen molar-refractivity contribution in [3.8, 4) is 0 Å². The maximum absolute atomic E-state index is 6.54. The van der Waals surface area contributed by atoms with E-state index in [2.05, 4.69) is 114 Å². The number of benzene rings is 3. The molecule has 0 atom stereocenters. The zero-order valence-electron chi connectivity index (χ0n) is 33.2. The smallest absolute Gasteiger partial charge is 0.173 e. The Morgan fingerprint density at radius 1 is 0.420 bits per heavy atom. The van der Waals surface area contributed by atoms with Gasteiger partial charge in [0.05, 0.1) is 9.40 Å². The third kappa shape index (κ3) is 11.7. The summed E-state index contributed by atoms with van der Waals surface area (Å²) in [5.41, 5.74) is 3.00. The van der Waals surface area contributed by atoms with Crippen molar-refractivity contribution in [2.75, 3.05) is 0 Å². The number of fused-ring (bicyclic) bond motifs is 7. The molecule has 0 bridgehead atoms. The van der Waals surface area contributed by atoms with Crippen LogP contribution in [0.1, 0.15) is 75.3 Å². The Hall–Kier alpha value is -1.11. The van der Waals surface area contributed by atoms with Gasteiger partial charge in [0.1, 0.15) is 0 Å². The van der Waals surface area contributed by atoms with E-state index in [-0.39, 0.29) is 0 Å². The van der Waals surface area contributed by atoms with Crippen LogP contribution >= 0.6 is 22.7 Å². The van der Waals surface area contributed by atoms with Crippen molar-refractivity contribution >= 4 is 96.3 Å². The zero-order valence-corrected chi connectivity index (χ0v) is 38.8. The van der Waals surface area contributed by atoms with Gasteiger partial charge in [-0.3, -0.25) is 0 Å². The second-order valence-corrected chi connectivity index (χ2v) is 38.4. The van der Waals surface area contributed by atoms with Gasteiger partial charge in [0.25, 0.3) is 0 Å². The van der Waals surface area contributed by atoms with E-state index < -0.39 is 33.3 Å². The minimum Gasteiger partial charge on any atom is -0.456 e. The highest BCUT2D eigenvalue weighted by Crippen LogP contribution is 2.44. The maximum Gasteiger partial charge on any atom is 0.173 e. The Morgan fingerprint density at radius 2 is 0.760 bits per heavy atom. The number of thiophene rings is 2. The molecule has 50 heavy (non-hydrogen) atoms. The van der Waals surface area contributed by atoms with Crippen LogP contribution in [0.2, 0.25) is 77.6 Å². The minimum atomic E-state index is -1.50. The number of hydrogen-bond donors (Lipinski definition) is 0. The predicted molar refractivity (Wildman–Crippen MR) is 239 cm³/mol. The molecule has 0 aliphatic rings. The van der Waals surface area contributed by atoms with Crippen LogP contribution in [0, 0.1) is 0 Å². The van der Waals surface area contributed by atoms with E-state index in [1.54, 1.807) is 0 Å². The Bertz CT molecular complexity index is 1860. The molecular formula is C42H66O2S2Si4. The molecule has 0 aliphatic heterocycles. The van der Waals surface area contributed by atoms with Crippen LogP contribution in [-0.2, 0) is 21.1 Å². The van der Waals surface area contributed by atoms with Crippen LogP contribution in [0.15, 0.2) is 48.5 Å². The number of rotatable bonds is 20. The summed E-state index contributed by atoms with van der Waals surface area (Å²) < 4.78 is 18.9. The molecule has 0 saturated carbocycles. The molecular weight excluding hydrogens is 713 g/mol. The lowest BCUT2D eigenvalue weighted by Gasteiger charge is -2.31. The van der Waals surface area contributed by atoms with Gasteiger partial charge in [0.15, 0.2) is 33.3 Å². The van der Waals surface area contributed by atoms with Crippen molar-refractivity contribution in [3.63, 3.8) is 0 Å². The molecule has 0 radical (unpaired) electrons. The van der Waals surface area contributed by atoms with Crippen LogP contribution in [0.4, 0.5) is 0 Å².